The highest BCUT2D eigenvalue weighted by Crippen LogP contribution is 2.38. The van der Waals surface area contributed by atoms with E-state index in [1.165, 1.54) is 6.33 Å². The maximum absolute atomic E-state index is 13.3. The fourth-order valence-electron chi connectivity index (χ4n) is 3.20. The second-order valence-corrected chi connectivity index (χ2v) is 7.11. The molecule has 0 saturated carbocycles. The Morgan fingerprint density at radius 1 is 1.29 bits per heavy atom. The molecule has 1 aliphatic heterocycles. The maximum Gasteiger partial charge on any atom is 0.256 e. The number of thiophene rings is 1. The third-order valence-electron chi connectivity index (χ3n) is 4.51. The number of methoxy groups -OCH3 is 2. The number of fused-ring (bicyclic) bond motifs is 1. The highest BCUT2D eigenvalue weighted by molar-refractivity contribution is 7.10. The number of benzene rings is 1. The summed E-state index contributed by atoms with van der Waals surface area (Å²) in [6.07, 6.45) is 1.47. The molecule has 3 heterocycles. The zero-order valence-corrected chi connectivity index (χ0v) is 16.4. The first kappa shape index (κ1) is 18.1. The van der Waals surface area contributed by atoms with Crippen molar-refractivity contribution >= 4 is 28.9 Å². The Hall–Kier alpha value is -3.33. The van der Waals surface area contributed by atoms with Crippen LogP contribution in [0.1, 0.15) is 17.8 Å². The first-order chi connectivity index (χ1) is 13.6. The van der Waals surface area contributed by atoms with Crippen molar-refractivity contribution in [3.63, 3.8) is 0 Å². The fraction of sp³-hybridized carbons (Fsp3) is 0.211. The van der Waals surface area contributed by atoms with E-state index in [-0.39, 0.29) is 11.9 Å². The molecule has 0 unspecified atom stereocenters. The fourth-order valence-corrected chi connectivity index (χ4v) is 4.01. The highest BCUT2D eigenvalue weighted by atomic mass is 32.1. The van der Waals surface area contributed by atoms with E-state index in [4.69, 9.17) is 9.47 Å². The molecule has 0 radical (unpaired) electrons. The standard InChI is InChI=1S/C19H19N5O3S/c1-11-16(18(25)23-13-9-12(26-2)6-7-14(13)27-3)17(15-5-4-8-28-15)24-19(22-11)20-10-21-24/h4-10,17H,1-3H3,(H,23,25)(H,20,21,22)/t17-/m0/s1. The van der Waals surface area contributed by atoms with Crippen LogP contribution >= 0.6 is 11.3 Å². The van der Waals surface area contributed by atoms with Gasteiger partial charge in [-0.3, -0.25) is 4.79 Å². The molecule has 28 heavy (non-hydrogen) atoms. The molecule has 4 rings (SSSR count). The number of amides is 1. The number of ether oxygens (including phenoxy) is 2. The van der Waals surface area contributed by atoms with E-state index in [0.29, 0.717) is 28.7 Å². The molecule has 0 bridgehead atoms. The average molecular weight is 397 g/mol. The molecule has 1 amide bonds. The topological polar surface area (TPSA) is 90.3 Å². The normalized spacial score (nSPS) is 15.6. The molecule has 0 spiro atoms. The predicted octanol–water partition coefficient (Wildman–Crippen LogP) is 3.28. The van der Waals surface area contributed by atoms with Crippen molar-refractivity contribution in [2.75, 3.05) is 24.9 Å². The van der Waals surface area contributed by atoms with Crippen molar-refractivity contribution < 1.29 is 14.3 Å². The number of aromatic nitrogens is 3. The Labute approximate surface area is 165 Å². The number of rotatable bonds is 5. The SMILES string of the molecule is COc1ccc(OC)c(NC(=O)C2=C(C)Nc3ncnn3[C@H]2c2cccs2)c1. The van der Waals surface area contributed by atoms with Gasteiger partial charge in [-0.1, -0.05) is 6.07 Å². The lowest BCUT2D eigenvalue weighted by Crippen LogP contribution is -2.31. The van der Waals surface area contributed by atoms with E-state index in [1.807, 2.05) is 24.4 Å². The summed E-state index contributed by atoms with van der Waals surface area (Å²) in [5, 5.41) is 12.4. The van der Waals surface area contributed by atoms with Crippen LogP contribution in [0.3, 0.4) is 0 Å². The lowest BCUT2D eigenvalue weighted by molar-refractivity contribution is -0.113. The molecule has 9 heteroatoms. The number of allylic oxidation sites excluding steroid dienone is 1. The second-order valence-electron chi connectivity index (χ2n) is 6.13. The highest BCUT2D eigenvalue weighted by Gasteiger charge is 2.34. The van der Waals surface area contributed by atoms with Crippen molar-refractivity contribution in [3.8, 4) is 11.5 Å². The number of hydrogen-bond donors (Lipinski definition) is 2. The van der Waals surface area contributed by atoms with Crippen molar-refractivity contribution in [3.05, 3.63) is 58.2 Å². The molecule has 1 aliphatic rings. The summed E-state index contributed by atoms with van der Waals surface area (Å²) < 4.78 is 12.4. The van der Waals surface area contributed by atoms with Crippen LogP contribution in [0.4, 0.5) is 11.6 Å². The summed E-state index contributed by atoms with van der Waals surface area (Å²) in [6, 6.07) is 8.82. The number of anilines is 2. The van der Waals surface area contributed by atoms with Gasteiger partial charge in [0.25, 0.3) is 5.91 Å². The lowest BCUT2D eigenvalue weighted by Gasteiger charge is -2.28. The molecule has 1 aromatic carbocycles. The summed E-state index contributed by atoms with van der Waals surface area (Å²) in [5.74, 6) is 1.52. The van der Waals surface area contributed by atoms with Gasteiger partial charge in [0.05, 0.1) is 25.5 Å². The molecule has 0 aliphatic carbocycles. The summed E-state index contributed by atoms with van der Waals surface area (Å²) in [6.45, 7) is 1.86. The van der Waals surface area contributed by atoms with E-state index < -0.39 is 0 Å². The Morgan fingerprint density at radius 2 is 2.14 bits per heavy atom. The van der Waals surface area contributed by atoms with Crippen molar-refractivity contribution in [2.24, 2.45) is 0 Å². The monoisotopic (exact) mass is 397 g/mol. The molecule has 0 saturated heterocycles. The van der Waals surface area contributed by atoms with Crippen LogP contribution in [-0.2, 0) is 4.79 Å². The van der Waals surface area contributed by atoms with E-state index in [1.54, 1.807) is 48.4 Å². The Balaban J connectivity index is 1.74. The lowest BCUT2D eigenvalue weighted by atomic mass is 10.0. The number of carbonyl (C=O) groups is 1. The summed E-state index contributed by atoms with van der Waals surface area (Å²) in [5.41, 5.74) is 1.81. The van der Waals surface area contributed by atoms with Gasteiger partial charge >= 0.3 is 0 Å². The molecule has 8 nitrogen and oxygen atoms in total. The molecule has 3 aromatic rings. The van der Waals surface area contributed by atoms with E-state index in [9.17, 15) is 4.79 Å². The quantitative estimate of drug-likeness (QED) is 0.687. The van der Waals surface area contributed by atoms with Gasteiger partial charge in [0, 0.05) is 16.6 Å². The van der Waals surface area contributed by atoms with E-state index in [0.717, 1.165) is 10.6 Å². The van der Waals surface area contributed by atoms with E-state index >= 15 is 0 Å². The second kappa shape index (κ2) is 7.35. The number of nitrogens with one attached hydrogen (secondary N) is 2. The Morgan fingerprint density at radius 3 is 2.86 bits per heavy atom. The molecular weight excluding hydrogens is 378 g/mol. The molecule has 0 fully saturated rings. The van der Waals surface area contributed by atoms with Crippen LogP contribution in [0.5, 0.6) is 11.5 Å². The molecule has 2 aromatic heterocycles. The number of carbonyl (C=O) groups excluding carboxylic acids is 1. The number of hydrogen-bond acceptors (Lipinski definition) is 7. The predicted molar refractivity (Wildman–Crippen MR) is 107 cm³/mol. The molecule has 144 valence electrons. The van der Waals surface area contributed by atoms with Gasteiger partial charge in [-0.05, 0) is 30.5 Å². The maximum atomic E-state index is 13.3. The Bertz CT molecular complexity index is 1040. The van der Waals surface area contributed by atoms with Crippen LogP contribution in [0.25, 0.3) is 0 Å². The van der Waals surface area contributed by atoms with Crippen molar-refractivity contribution in [2.45, 2.75) is 13.0 Å². The molecule has 1 atom stereocenters. The minimum Gasteiger partial charge on any atom is -0.497 e. The van der Waals surface area contributed by atoms with Crippen LogP contribution < -0.4 is 20.1 Å². The minimum atomic E-state index is -0.365. The van der Waals surface area contributed by atoms with Crippen LogP contribution in [0.2, 0.25) is 0 Å². The van der Waals surface area contributed by atoms with Crippen LogP contribution in [0, 0.1) is 0 Å². The largest absolute Gasteiger partial charge is 0.497 e. The first-order valence-corrected chi connectivity index (χ1v) is 9.44. The smallest absolute Gasteiger partial charge is 0.256 e. The molecule has 2 N–H and O–H groups in total. The summed E-state index contributed by atoms with van der Waals surface area (Å²) >= 11 is 1.56. The van der Waals surface area contributed by atoms with Gasteiger partial charge < -0.3 is 20.1 Å². The third-order valence-corrected chi connectivity index (χ3v) is 5.43. The number of nitrogens with zero attached hydrogens (tertiary/aromatic N) is 3. The van der Waals surface area contributed by atoms with Crippen molar-refractivity contribution in [1.29, 1.82) is 0 Å². The Kier molecular flexibility index (Phi) is 4.74. The minimum absolute atomic E-state index is 0.254. The first-order valence-electron chi connectivity index (χ1n) is 8.56. The zero-order valence-electron chi connectivity index (χ0n) is 15.6. The summed E-state index contributed by atoms with van der Waals surface area (Å²) in [7, 11) is 3.13. The third kappa shape index (κ3) is 3.09. The van der Waals surface area contributed by atoms with Gasteiger partial charge in [-0.15, -0.1) is 11.3 Å². The van der Waals surface area contributed by atoms with Crippen LogP contribution in [0.15, 0.2) is 53.3 Å². The van der Waals surface area contributed by atoms with Gasteiger partial charge in [-0.25, -0.2) is 4.68 Å². The zero-order chi connectivity index (χ0) is 19.7. The van der Waals surface area contributed by atoms with E-state index in [2.05, 4.69) is 20.7 Å². The average Bonchev–Trinajstić information content (AvgIpc) is 3.38. The van der Waals surface area contributed by atoms with Gasteiger partial charge in [-0.2, -0.15) is 10.1 Å². The van der Waals surface area contributed by atoms with Crippen molar-refractivity contribution in [1.82, 2.24) is 14.8 Å². The van der Waals surface area contributed by atoms with Crippen LogP contribution in [-0.4, -0.2) is 34.9 Å². The van der Waals surface area contributed by atoms with Gasteiger partial charge in [0.15, 0.2) is 0 Å². The van der Waals surface area contributed by atoms with Gasteiger partial charge in [0.1, 0.15) is 23.9 Å². The summed E-state index contributed by atoms with van der Waals surface area (Å²) in [4.78, 5) is 18.6. The molecular formula is C19H19N5O3S. The van der Waals surface area contributed by atoms with Gasteiger partial charge in [0.2, 0.25) is 5.95 Å².